The van der Waals surface area contributed by atoms with Crippen LogP contribution in [0.4, 0.5) is 0 Å². The Morgan fingerprint density at radius 2 is 1.71 bits per heavy atom. The topological polar surface area (TPSA) is 55.4 Å². The van der Waals surface area contributed by atoms with Crippen LogP contribution in [0, 0.1) is 11.3 Å². The molecule has 0 aliphatic carbocycles. The first kappa shape index (κ1) is 8.64. The number of hydrogen-bond acceptors (Lipinski definition) is 1. The Bertz CT molecular complexity index is 372. The lowest BCUT2D eigenvalue weighted by atomic mass is 9.99. The van der Waals surface area contributed by atoms with Crippen LogP contribution in [-0.4, -0.2) is 9.97 Å². The third-order valence-electron chi connectivity index (χ3n) is 2.29. The Morgan fingerprint density at radius 3 is 2.07 bits per heavy atom. The zero-order valence-electron chi connectivity index (χ0n) is 7.70. The molecule has 3 nitrogen and oxygen atoms in total. The van der Waals surface area contributed by atoms with E-state index in [2.05, 4.69) is 16.0 Å². The molecule has 3 heteroatoms. The first-order chi connectivity index (χ1) is 6.92. The lowest BCUT2D eigenvalue weighted by molar-refractivity contribution is 0.785. The maximum Gasteiger partial charge on any atom is 0.0632 e. The monoisotopic (exact) mass is 185 g/mol. The molecule has 0 radical (unpaired) electrons. The number of nitrogens with one attached hydrogen (secondary N) is 2. The largest absolute Gasteiger partial charge is 0.364 e. The van der Waals surface area contributed by atoms with Crippen LogP contribution in [0.1, 0.15) is 23.7 Å². The Kier molecular flexibility index (Phi) is 2.37. The van der Waals surface area contributed by atoms with Gasteiger partial charge in [-0.2, -0.15) is 5.26 Å². The Labute approximate surface area is 82.4 Å². The maximum absolute atomic E-state index is 8.76. The molecule has 2 N–H and O–H groups in total. The third-order valence-corrected chi connectivity index (χ3v) is 2.29. The van der Waals surface area contributed by atoms with Crippen molar-refractivity contribution >= 4 is 0 Å². The summed E-state index contributed by atoms with van der Waals surface area (Å²) in [4.78, 5) is 6.28. The summed E-state index contributed by atoms with van der Waals surface area (Å²) in [6.07, 6.45) is 4.24. The summed E-state index contributed by atoms with van der Waals surface area (Å²) in [6, 6.07) is 10.1. The molecule has 2 rings (SSSR count). The molecule has 2 heterocycles. The van der Waals surface area contributed by atoms with Crippen molar-refractivity contribution in [3.05, 3.63) is 48.0 Å². The van der Waals surface area contributed by atoms with Crippen molar-refractivity contribution in [2.45, 2.75) is 12.3 Å². The zero-order chi connectivity index (χ0) is 9.80. The molecule has 0 unspecified atom stereocenters. The van der Waals surface area contributed by atoms with Gasteiger partial charge in [0.1, 0.15) is 0 Å². The summed E-state index contributed by atoms with van der Waals surface area (Å²) in [7, 11) is 0. The summed E-state index contributed by atoms with van der Waals surface area (Å²) in [5.41, 5.74) is 2.16. The van der Waals surface area contributed by atoms with E-state index >= 15 is 0 Å². The fraction of sp³-hybridized carbons (Fsp3) is 0.182. The van der Waals surface area contributed by atoms with Gasteiger partial charge < -0.3 is 9.97 Å². The molecule has 2 aromatic heterocycles. The molecular weight excluding hydrogens is 174 g/mol. The van der Waals surface area contributed by atoms with Gasteiger partial charge in [-0.15, -0.1) is 0 Å². The number of rotatable bonds is 3. The standard InChI is InChI=1S/C11H11N3/c12-6-5-9(10-3-1-7-13-10)11-4-2-8-14-11/h1-4,7-9,13-14H,5H2. The Morgan fingerprint density at radius 1 is 1.14 bits per heavy atom. The predicted molar refractivity (Wildman–Crippen MR) is 53.7 cm³/mol. The molecule has 0 saturated carbocycles. The van der Waals surface area contributed by atoms with E-state index in [0.29, 0.717) is 6.42 Å². The second-order valence-corrected chi connectivity index (χ2v) is 3.17. The average Bonchev–Trinajstić information content (AvgIpc) is 2.87. The van der Waals surface area contributed by atoms with E-state index in [9.17, 15) is 0 Å². The molecule has 0 amide bonds. The highest BCUT2D eigenvalue weighted by atomic mass is 14.7. The number of nitrogens with zero attached hydrogens (tertiary/aromatic N) is 1. The molecule has 0 bridgehead atoms. The van der Waals surface area contributed by atoms with E-state index in [4.69, 9.17) is 5.26 Å². The maximum atomic E-state index is 8.76. The van der Waals surface area contributed by atoms with Gasteiger partial charge in [-0.1, -0.05) is 0 Å². The highest BCUT2D eigenvalue weighted by Crippen LogP contribution is 2.24. The quantitative estimate of drug-likeness (QED) is 0.757. The van der Waals surface area contributed by atoms with Gasteiger partial charge in [0.05, 0.1) is 12.0 Å². The molecule has 0 aliphatic heterocycles. The van der Waals surface area contributed by atoms with Crippen molar-refractivity contribution < 1.29 is 0 Å². The number of aromatic nitrogens is 2. The second-order valence-electron chi connectivity index (χ2n) is 3.17. The van der Waals surface area contributed by atoms with Crippen LogP contribution in [-0.2, 0) is 0 Å². The third kappa shape index (κ3) is 1.55. The zero-order valence-corrected chi connectivity index (χ0v) is 7.70. The lowest BCUT2D eigenvalue weighted by Gasteiger charge is -2.09. The number of H-pyrrole nitrogens is 2. The van der Waals surface area contributed by atoms with Gasteiger partial charge in [0.25, 0.3) is 0 Å². The number of nitriles is 1. The van der Waals surface area contributed by atoms with Crippen LogP contribution < -0.4 is 0 Å². The normalized spacial score (nSPS) is 10.3. The highest BCUT2D eigenvalue weighted by molar-refractivity contribution is 5.24. The van der Waals surface area contributed by atoms with Crippen LogP contribution in [0.3, 0.4) is 0 Å². The van der Waals surface area contributed by atoms with E-state index < -0.39 is 0 Å². The van der Waals surface area contributed by atoms with Gasteiger partial charge in [0.15, 0.2) is 0 Å². The predicted octanol–water partition coefficient (Wildman–Crippen LogP) is 2.39. The fourth-order valence-corrected chi connectivity index (χ4v) is 1.60. The number of aromatic amines is 2. The van der Waals surface area contributed by atoms with E-state index in [-0.39, 0.29) is 5.92 Å². The van der Waals surface area contributed by atoms with E-state index in [1.807, 2.05) is 36.7 Å². The van der Waals surface area contributed by atoms with Crippen molar-refractivity contribution in [3.63, 3.8) is 0 Å². The van der Waals surface area contributed by atoms with Crippen LogP contribution in [0.25, 0.3) is 0 Å². The van der Waals surface area contributed by atoms with Crippen LogP contribution in [0.15, 0.2) is 36.7 Å². The van der Waals surface area contributed by atoms with Gasteiger partial charge in [0, 0.05) is 30.2 Å². The summed E-state index contributed by atoms with van der Waals surface area (Å²) < 4.78 is 0. The van der Waals surface area contributed by atoms with E-state index in [0.717, 1.165) is 11.4 Å². The van der Waals surface area contributed by atoms with Crippen molar-refractivity contribution in [1.29, 1.82) is 5.26 Å². The minimum atomic E-state index is 0.130. The van der Waals surface area contributed by atoms with E-state index in [1.54, 1.807) is 0 Å². The van der Waals surface area contributed by atoms with Crippen molar-refractivity contribution in [1.82, 2.24) is 9.97 Å². The summed E-state index contributed by atoms with van der Waals surface area (Å²) in [5.74, 6) is 0.130. The first-order valence-electron chi connectivity index (χ1n) is 4.55. The minimum absolute atomic E-state index is 0.130. The first-order valence-corrected chi connectivity index (χ1v) is 4.55. The van der Waals surface area contributed by atoms with Crippen LogP contribution in [0.5, 0.6) is 0 Å². The molecule has 0 spiro atoms. The van der Waals surface area contributed by atoms with Crippen molar-refractivity contribution in [2.75, 3.05) is 0 Å². The number of hydrogen-bond donors (Lipinski definition) is 2. The molecule has 2 aromatic rings. The van der Waals surface area contributed by atoms with Gasteiger partial charge >= 0.3 is 0 Å². The fourth-order valence-electron chi connectivity index (χ4n) is 1.60. The molecule has 0 aromatic carbocycles. The molecule has 0 fully saturated rings. The molecule has 70 valence electrons. The van der Waals surface area contributed by atoms with Gasteiger partial charge in [-0.05, 0) is 24.3 Å². The second kappa shape index (κ2) is 3.84. The van der Waals surface area contributed by atoms with Gasteiger partial charge in [-0.25, -0.2) is 0 Å². The average molecular weight is 185 g/mol. The van der Waals surface area contributed by atoms with Crippen LogP contribution >= 0.6 is 0 Å². The lowest BCUT2D eigenvalue weighted by Crippen LogP contribution is -2.00. The van der Waals surface area contributed by atoms with Crippen LogP contribution in [0.2, 0.25) is 0 Å². The minimum Gasteiger partial charge on any atom is -0.364 e. The van der Waals surface area contributed by atoms with Gasteiger partial charge in [0.2, 0.25) is 0 Å². The summed E-state index contributed by atoms with van der Waals surface area (Å²) >= 11 is 0. The smallest absolute Gasteiger partial charge is 0.0632 e. The van der Waals surface area contributed by atoms with Crippen molar-refractivity contribution in [2.24, 2.45) is 0 Å². The molecular formula is C11H11N3. The summed E-state index contributed by atoms with van der Waals surface area (Å²) in [6.45, 7) is 0. The van der Waals surface area contributed by atoms with E-state index in [1.165, 1.54) is 0 Å². The molecule has 0 saturated heterocycles. The van der Waals surface area contributed by atoms with Crippen molar-refractivity contribution in [3.8, 4) is 6.07 Å². The highest BCUT2D eigenvalue weighted by Gasteiger charge is 2.14. The summed E-state index contributed by atoms with van der Waals surface area (Å²) in [5, 5.41) is 8.76. The Balaban J connectivity index is 2.30. The Hall–Kier alpha value is -1.95. The molecule has 14 heavy (non-hydrogen) atoms. The molecule has 0 atom stereocenters. The SMILES string of the molecule is N#CCC(c1ccc[nH]1)c1ccc[nH]1. The molecule has 0 aliphatic rings. The van der Waals surface area contributed by atoms with Gasteiger partial charge in [-0.3, -0.25) is 0 Å².